The van der Waals surface area contributed by atoms with Gasteiger partial charge in [0, 0.05) is 16.3 Å². The minimum atomic E-state index is -3.38. The van der Waals surface area contributed by atoms with Gasteiger partial charge >= 0.3 is 0 Å². The summed E-state index contributed by atoms with van der Waals surface area (Å²) in [6.45, 7) is 0. The van der Waals surface area contributed by atoms with E-state index >= 15 is 0 Å². The molecular formula is C11H14BrNO2S2. The van der Waals surface area contributed by atoms with Gasteiger partial charge in [-0.15, -0.1) is 0 Å². The quantitative estimate of drug-likeness (QED) is 0.923. The summed E-state index contributed by atoms with van der Waals surface area (Å²) in [5.41, 5.74) is 0. The highest BCUT2D eigenvalue weighted by molar-refractivity contribution is 9.10. The Morgan fingerprint density at radius 2 is 2.24 bits per heavy atom. The number of sulfonamides is 1. The molecule has 0 amide bonds. The van der Waals surface area contributed by atoms with Crippen molar-refractivity contribution in [2.45, 2.75) is 23.8 Å². The molecule has 94 valence electrons. The van der Waals surface area contributed by atoms with Crippen LogP contribution in [0, 0.1) is 0 Å². The van der Waals surface area contributed by atoms with E-state index in [4.69, 9.17) is 0 Å². The second kappa shape index (κ2) is 5.73. The van der Waals surface area contributed by atoms with E-state index in [1.807, 2.05) is 6.07 Å². The average Bonchev–Trinajstić information content (AvgIpc) is 2.30. The lowest BCUT2D eigenvalue weighted by atomic mass is 10.2. The number of nitrogens with one attached hydrogen (secondary N) is 1. The first-order valence-corrected chi connectivity index (χ1v) is 8.87. The molecule has 0 aromatic heterocycles. The Morgan fingerprint density at radius 1 is 1.41 bits per heavy atom. The molecule has 1 aliphatic heterocycles. The van der Waals surface area contributed by atoms with E-state index in [0.29, 0.717) is 4.90 Å². The molecule has 1 aromatic carbocycles. The molecule has 1 saturated heterocycles. The van der Waals surface area contributed by atoms with Crippen LogP contribution in [0.4, 0.5) is 0 Å². The summed E-state index contributed by atoms with van der Waals surface area (Å²) in [4.78, 5) is 0.322. The Bertz CT molecular complexity index is 484. The summed E-state index contributed by atoms with van der Waals surface area (Å²) in [5, 5.41) is 0. The smallest absolute Gasteiger partial charge is 0.207 e. The molecule has 0 bridgehead atoms. The second-order valence-corrected chi connectivity index (χ2v) is 7.77. The van der Waals surface area contributed by atoms with E-state index in [1.54, 1.807) is 30.0 Å². The Labute approximate surface area is 115 Å². The van der Waals surface area contributed by atoms with Crippen LogP contribution in [0.3, 0.4) is 0 Å². The normalized spacial score (nSPS) is 21.4. The number of hydrogen-bond acceptors (Lipinski definition) is 3. The van der Waals surface area contributed by atoms with Gasteiger partial charge in [0.15, 0.2) is 0 Å². The van der Waals surface area contributed by atoms with Crippen LogP contribution in [0.25, 0.3) is 0 Å². The predicted octanol–water partition coefficient (Wildman–Crippen LogP) is 2.62. The van der Waals surface area contributed by atoms with E-state index in [9.17, 15) is 8.42 Å². The third kappa shape index (κ3) is 3.71. The largest absolute Gasteiger partial charge is 0.240 e. The fourth-order valence-electron chi connectivity index (χ4n) is 1.76. The number of hydrogen-bond donors (Lipinski definition) is 1. The summed E-state index contributed by atoms with van der Waals surface area (Å²) in [7, 11) is -3.38. The van der Waals surface area contributed by atoms with Crippen molar-refractivity contribution in [2.75, 3.05) is 11.5 Å². The summed E-state index contributed by atoms with van der Waals surface area (Å²) >= 11 is 5.09. The van der Waals surface area contributed by atoms with E-state index < -0.39 is 10.0 Å². The number of halogens is 1. The van der Waals surface area contributed by atoms with Crippen molar-refractivity contribution in [3.8, 4) is 0 Å². The molecule has 0 aliphatic carbocycles. The molecule has 1 N–H and O–H groups in total. The van der Waals surface area contributed by atoms with E-state index in [0.717, 1.165) is 28.8 Å². The zero-order valence-corrected chi connectivity index (χ0v) is 12.4. The lowest BCUT2D eigenvalue weighted by Gasteiger charge is -2.22. The van der Waals surface area contributed by atoms with Crippen molar-refractivity contribution in [1.29, 1.82) is 0 Å². The van der Waals surface area contributed by atoms with Crippen molar-refractivity contribution in [3.63, 3.8) is 0 Å². The van der Waals surface area contributed by atoms with Gasteiger partial charge in [-0.3, -0.25) is 0 Å². The topological polar surface area (TPSA) is 46.2 Å². The van der Waals surface area contributed by atoms with Gasteiger partial charge in [-0.2, -0.15) is 11.8 Å². The number of thioether (sulfide) groups is 1. The molecule has 0 spiro atoms. The standard InChI is InChI=1S/C11H14BrNO2S2/c12-9-3-1-5-11(7-9)17(14,15)13-10-4-2-6-16-8-10/h1,3,5,7,10,13H,2,4,6,8H2. The molecule has 3 nitrogen and oxygen atoms in total. The zero-order chi connectivity index (χ0) is 12.3. The molecule has 0 saturated carbocycles. The van der Waals surface area contributed by atoms with E-state index in [-0.39, 0.29) is 6.04 Å². The molecule has 1 atom stereocenters. The molecule has 6 heteroatoms. The SMILES string of the molecule is O=S(=O)(NC1CCCSC1)c1cccc(Br)c1. The first kappa shape index (κ1) is 13.4. The molecule has 1 aromatic rings. The van der Waals surface area contributed by atoms with Crippen LogP contribution in [-0.2, 0) is 10.0 Å². The van der Waals surface area contributed by atoms with Gasteiger partial charge in [0.1, 0.15) is 0 Å². The van der Waals surface area contributed by atoms with Gasteiger partial charge in [0.2, 0.25) is 10.0 Å². The minimum Gasteiger partial charge on any atom is -0.207 e. The summed E-state index contributed by atoms with van der Waals surface area (Å²) in [5.74, 6) is 2.00. The maximum Gasteiger partial charge on any atom is 0.240 e. The van der Waals surface area contributed by atoms with Crippen molar-refractivity contribution < 1.29 is 8.42 Å². The Kier molecular flexibility index (Phi) is 4.52. The van der Waals surface area contributed by atoms with Crippen LogP contribution in [0.15, 0.2) is 33.6 Å². The highest BCUT2D eigenvalue weighted by atomic mass is 79.9. The van der Waals surface area contributed by atoms with Gasteiger partial charge in [-0.05, 0) is 36.8 Å². The average molecular weight is 336 g/mol. The number of rotatable bonds is 3. The summed E-state index contributed by atoms with van der Waals surface area (Å²) in [6, 6.07) is 6.85. The molecule has 0 radical (unpaired) electrons. The van der Waals surface area contributed by atoms with Crippen molar-refractivity contribution in [3.05, 3.63) is 28.7 Å². The minimum absolute atomic E-state index is 0.0673. The maximum atomic E-state index is 12.1. The van der Waals surface area contributed by atoms with Crippen LogP contribution in [0.2, 0.25) is 0 Å². The lowest BCUT2D eigenvalue weighted by molar-refractivity contribution is 0.543. The van der Waals surface area contributed by atoms with Crippen molar-refractivity contribution in [2.24, 2.45) is 0 Å². The van der Waals surface area contributed by atoms with Gasteiger partial charge in [0.05, 0.1) is 4.90 Å². The third-order valence-electron chi connectivity index (χ3n) is 2.59. The summed E-state index contributed by atoms with van der Waals surface area (Å²) in [6.07, 6.45) is 2.01. The monoisotopic (exact) mass is 335 g/mol. The van der Waals surface area contributed by atoms with Crippen LogP contribution in [-0.4, -0.2) is 26.0 Å². The van der Waals surface area contributed by atoms with E-state index in [1.165, 1.54) is 0 Å². The fraction of sp³-hybridized carbons (Fsp3) is 0.455. The van der Waals surface area contributed by atoms with Gasteiger partial charge in [-0.1, -0.05) is 22.0 Å². The van der Waals surface area contributed by atoms with Gasteiger partial charge in [-0.25, -0.2) is 13.1 Å². The third-order valence-corrected chi connectivity index (χ3v) is 5.82. The zero-order valence-electron chi connectivity index (χ0n) is 9.23. The van der Waals surface area contributed by atoms with E-state index in [2.05, 4.69) is 20.7 Å². The van der Waals surface area contributed by atoms with Crippen LogP contribution in [0.5, 0.6) is 0 Å². The predicted molar refractivity (Wildman–Crippen MR) is 74.8 cm³/mol. The van der Waals surface area contributed by atoms with Gasteiger partial charge < -0.3 is 0 Å². The summed E-state index contributed by atoms with van der Waals surface area (Å²) < 4.78 is 27.8. The van der Waals surface area contributed by atoms with Crippen LogP contribution >= 0.6 is 27.7 Å². The first-order valence-electron chi connectivity index (χ1n) is 5.43. The molecule has 1 fully saturated rings. The Hall–Kier alpha value is -0.0400. The molecule has 1 aliphatic rings. The molecule has 1 unspecified atom stereocenters. The van der Waals surface area contributed by atoms with Gasteiger partial charge in [0.25, 0.3) is 0 Å². The van der Waals surface area contributed by atoms with Crippen molar-refractivity contribution >= 4 is 37.7 Å². The number of benzene rings is 1. The van der Waals surface area contributed by atoms with Crippen molar-refractivity contribution in [1.82, 2.24) is 4.72 Å². The van der Waals surface area contributed by atoms with Crippen LogP contribution < -0.4 is 4.72 Å². The maximum absolute atomic E-state index is 12.1. The first-order chi connectivity index (χ1) is 8.08. The highest BCUT2D eigenvalue weighted by Crippen LogP contribution is 2.20. The second-order valence-electron chi connectivity index (χ2n) is 3.99. The Balaban J connectivity index is 2.13. The molecule has 17 heavy (non-hydrogen) atoms. The van der Waals surface area contributed by atoms with Crippen LogP contribution in [0.1, 0.15) is 12.8 Å². The highest BCUT2D eigenvalue weighted by Gasteiger charge is 2.21. The molecule has 1 heterocycles. The molecule has 2 rings (SSSR count). The Morgan fingerprint density at radius 3 is 2.88 bits per heavy atom. The molecular weight excluding hydrogens is 322 g/mol. The fourth-order valence-corrected chi connectivity index (χ4v) is 4.80. The lowest BCUT2D eigenvalue weighted by Crippen LogP contribution is -2.38.